The Bertz CT molecular complexity index is 636. The number of nitrogens with zero attached hydrogens (tertiary/aromatic N) is 1. The van der Waals surface area contributed by atoms with Gasteiger partial charge in [-0.25, -0.2) is 9.78 Å². The Morgan fingerprint density at radius 2 is 1.91 bits per heavy atom. The summed E-state index contributed by atoms with van der Waals surface area (Å²) in [6.45, 7) is 4.01. The molecule has 0 amide bonds. The van der Waals surface area contributed by atoms with Crippen molar-refractivity contribution >= 4 is 5.97 Å². The molecule has 1 aromatic heterocycles. The Balaban J connectivity index is 2.17. The number of ether oxygens (including phenoxy) is 2. The molecule has 122 valence electrons. The van der Waals surface area contributed by atoms with Crippen molar-refractivity contribution in [2.75, 3.05) is 7.11 Å². The van der Waals surface area contributed by atoms with Crippen LogP contribution in [0.1, 0.15) is 41.6 Å². The van der Waals surface area contributed by atoms with E-state index < -0.39 is 5.97 Å². The van der Waals surface area contributed by atoms with E-state index in [-0.39, 0.29) is 17.8 Å². The number of pyridine rings is 1. The van der Waals surface area contributed by atoms with Crippen LogP contribution in [0.3, 0.4) is 0 Å². The molecule has 2 rings (SSSR count). The second kappa shape index (κ2) is 7.74. The molecule has 0 aliphatic carbocycles. The molecule has 0 bridgehead atoms. The summed E-state index contributed by atoms with van der Waals surface area (Å²) in [6, 6.07) is 11.3. The highest BCUT2D eigenvalue weighted by Gasteiger charge is 2.19. The van der Waals surface area contributed by atoms with Gasteiger partial charge in [0, 0.05) is 6.04 Å². The predicted molar refractivity (Wildman–Crippen MR) is 88.4 cm³/mol. The van der Waals surface area contributed by atoms with Crippen LogP contribution in [0.5, 0.6) is 5.75 Å². The molecule has 2 aromatic rings. The number of nitrogens with two attached hydrogens (primary N) is 1. The van der Waals surface area contributed by atoms with Gasteiger partial charge in [-0.05, 0) is 36.6 Å². The molecule has 23 heavy (non-hydrogen) atoms. The fourth-order valence-electron chi connectivity index (χ4n) is 2.24. The molecule has 0 aliphatic heterocycles. The van der Waals surface area contributed by atoms with E-state index in [4.69, 9.17) is 10.5 Å². The fraction of sp³-hybridized carbons (Fsp3) is 0.333. The molecule has 0 saturated heterocycles. The quantitative estimate of drug-likeness (QED) is 0.830. The number of methoxy groups -OCH3 is 1. The maximum atomic E-state index is 11.4. The van der Waals surface area contributed by atoms with Crippen molar-refractivity contribution in [1.82, 2.24) is 4.98 Å². The normalized spacial score (nSPS) is 13.2. The van der Waals surface area contributed by atoms with Crippen LogP contribution in [-0.4, -0.2) is 24.1 Å². The summed E-state index contributed by atoms with van der Waals surface area (Å²) in [4.78, 5) is 15.4. The minimum Gasteiger partial charge on any atom is -0.482 e. The summed E-state index contributed by atoms with van der Waals surface area (Å²) in [5.74, 6) is 0.0787. The molecule has 0 aliphatic rings. The van der Waals surface area contributed by atoms with E-state index in [2.05, 4.69) is 28.8 Å². The van der Waals surface area contributed by atoms with Crippen LogP contribution < -0.4 is 10.5 Å². The molecule has 2 atom stereocenters. The maximum Gasteiger partial charge on any atom is 0.356 e. The van der Waals surface area contributed by atoms with E-state index in [1.54, 1.807) is 12.1 Å². The summed E-state index contributed by atoms with van der Waals surface area (Å²) in [6.07, 6.45) is 2.21. The largest absolute Gasteiger partial charge is 0.482 e. The second-order valence-corrected chi connectivity index (χ2v) is 5.36. The zero-order chi connectivity index (χ0) is 16.8. The lowest BCUT2D eigenvalue weighted by Crippen LogP contribution is -2.29. The Labute approximate surface area is 136 Å². The fourth-order valence-corrected chi connectivity index (χ4v) is 2.24. The third-order valence-electron chi connectivity index (χ3n) is 3.59. The molecule has 0 unspecified atom stereocenters. The zero-order valence-electron chi connectivity index (χ0n) is 13.7. The maximum absolute atomic E-state index is 11.4. The van der Waals surface area contributed by atoms with Crippen molar-refractivity contribution in [1.29, 1.82) is 0 Å². The lowest BCUT2D eigenvalue weighted by Gasteiger charge is -2.23. The number of benzene rings is 1. The number of hydrogen-bond donors (Lipinski definition) is 1. The Morgan fingerprint density at radius 1 is 1.22 bits per heavy atom. The molecular formula is C18H22N2O3. The van der Waals surface area contributed by atoms with E-state index in [0.29, 0.717) is 5.75 Å². The van der Waals surface area contributed by atoms with Crippen molar-refractivity contribution < 1.29 is 14.3 Å². The van der Waals surface area contributed by atoms with Crippen molar-refractivity contribution in [3.05, 3.63) is 59.4 Å². The van der Waals surface area contributed by atoms with E-state index in [1.165, 1.54) is 18.9 Å². The average Bonchev–Trinajstić information content (AvgIpc) is 2.59. The van der Waals surface area contributed by atoms with E-state index in [9.17, 15) is 4.79 Å². The summed E-state index contributed by atoms with van der Waals surface area (Å²) in [5, 5.41) is 0. The molecule has 0 spiro atoms. The highest BCUT2D eigenvalue weighted by atomic mass is 16.5. The van der Waals surface area contributed by atoms with E-state index in [0.717, 1.165) is 12.0 Å². The minimum atomic E-state index is -0.476. The first-order valence-corrected chi connectivity index (χ1v) is 7.60. The monoisotopic (exact) mass is 314 g/mol. The molecule has 0 radical (unpaired) electrons. The molecule has 0 saturated carbocycles. The lowest BCUT2D eigenvalue weighted by atomic mass is 10.0. The molecule has 0 fully saturated rings. The molecule has 1 aromatic carbocycles. The van der Waals surface area contributed by atoms with Crippen LogP contribution >= 0.6 is 0 Å². The summed E-state index contributed by atoms with van der Waals surface area (Å²) in [5.41, 5.74) is 8.58. The van der Waals surface area contributed by atoms with Crippen LogP contribution in [0.15, 0.2) is 42.6 Å². The van der Waals surface area contributed by atoms with Gasteiger partial charge in [0.25, 0.3) is 0 Å². The highest BCUT2D eigenvalue weighted by Crippen LogP contribution is 2.24. The summed E-state index contributed by atoms with van der Waals surface area (Å²) in [7, 11) is 1.32. The van der Waals surface area contributed by atoms with Crippen molar-refractivity contribution in [2.24, 2.45) is 5.73 Å². The molecular weight excluding hydrogens is 292 g/mol. The third kappa shape index (κ3) is 4.29. The molecule has 5 heteroatoms. The van der Waals surface area contributed by atoms with Gasteiger partial charge in [-0.1, -0.05) is 31.2 Å². The van der Waals surface area contributed by atoms with Gasteiger partial charge in [0.05, 0.1) is 13.3 Å². The zero-order valence-corrected chi connectivity index (χ0v) is 13.7. The van der Waals surface area contributed by atoms with Crippen LogP contribution in [0, 0.1) is 0 Å². The van der Waals surface area contributed by atoms with E-state index >= 15 is 0 Å². The molecule has 1 heterocycles. The SMILES string of the molecule is CCc1ccc([C@@H](Oc2ccc(C(=O)OC)nc2)[C@H](C)N)cc1. The number of carbonyl (C=O) groups excluding carboxylic acids is 1. The smallest absolute Gasteiger partial charge is 0.356 e. The number of rotatable bonds is 6. The van der Waals surface area contributed by atoms with Crippen LogP contribution in [0.2, 0.25) is 0 Å². The van der Waals surface area contributed by atoms with Gasteiger partial charge in [0.15, 0.2) is 0 Å². The average molecular weight is 314 g/mol. The first-order chi connectivity index (χ1) is 11.0. The number of aromatic nitrogens is 1. The number of esters is 1. The number of hydrogen-bond acceptors (Lipinski definition) is 5. The Morgan fingerprint density at radius 3 is 2.39 bits per heavy atom. The van der Waals surface area contributed by atoms with Gasteiger partial charge in [0.2, 0.25) is 0 Å². The van der Waals surface area contributed by atoms with Gasteiger partial charge < -0.3 is 15.2 Å². The van der Waals surface area contributed by atoms with Gasteiger partial charge in [0.1, 0.15) is 17.5 Å². The van der Waals surface area contributed by atoms with Crippen LogP contribution in [0.4, 0.5) is 0 Å². The van der Waals surface area contributed by atoms with Crippen molar-refractivity contribution in [3.63, 3.8) is 0 Å². The summed E-state index contributed by atoms with van der Waals surface area (Å²) >= 11 is 0. The summed E-state index contributed by atoms with van der Waals surface area (Å²) < 4.78 is 10.6. The number of aryl methyl sites for hydroxylation is 1. The topological polar surface area (TPSA) is 74.4 Å². The van der Waals surface area contributed by atoms with E-state index in [1.807, 2.05) is 19.1 Å². The third-order valence-corrected chi connectivity index (χ3v) is 3.59. The number of carbonyl (C=O) groups is 1. The standard InChI is InChI=1S/C18H22N2O3/c1-4-13-5-7-14(8-6-13)17(12(2)19)23-15-9-10-16(20-11-15)18(21)22-3/h5-12,17H,4,19H2,1-3H3/t12-,17-/m0/s1. The first kappa shape index (κ1) is 17.0. The van der Waals surface area contributed by atoms with Gasteiger partial charge >= 0.3 is 5.97 Å². The van der Waals surface area contributed by atoms with Crippen LogP contribution in [-0.2, 0) is 11.2 Å². The Kier molecular flexibility index (Phi) is 5.71. The second-order valence-electron chi connectivity index (χ2n) is 5.36. The first-order valence-electron chi connectivity index (χ1n) is 7.60. The lowest BCUT2D eigenvalue weighted by molar-refractivity contribution is 0.0594. The molecule has 5 nitrogen and oxygen atoms in total. The predicted octanol–water partition coefficient (Wildman–Crippen LogP) is 2.90. The van der Waals surface area contributed by atoms with Crippen LogP contribution in [0.25, 0.3) is 0 Å². The van der Waals surface area contributed by atoms with Gasteiger partial charge in [-0.2, -0.15) is 0 Å². The van der Waals surface area contributed by atoms with Gasteiger partial charge in [-0.15, -0.1) is 0 Å². The highest BCUT2D eigenvalue weighted by molar-refractivity contribution is 5.87. The van der Waals surface area contributed by atoms with Gasteiger partial charge in [-0.3, -0.25) is 0 Å². The Hall–Kier alpha value is -2.40. The minimum absolute atomic E-state index is 0.192. The van der Waals surface area contributed by atoms with Crippen molar-refractivity contribution in [2.45, 2.75) is 32.4 Å². The van der Waals surface area contributed by atoms with Crippen molar-refractivity contribution in [3.8, 4) is 5.75 Å². The molecule has 2 N–H and O–H groups in total.